The molecule has 0 N–H and O–H groups in total. The fraction of sp³-hybridized carbons (Fsp3) is 0.0741. The molecular formula is C54H31F9N2O2. The number of aryl methyl sites for hydroxylation is 1. The minimum atomic E-state index is -4.62. The number of halogens is 9. The zero-order valence-electron chi connectivity index (χ0n) is 34.8. The van der Waals surface area contributed by atoms with Crippen molar-refractivity contribution in [2.75, 3.05) is 9.80 Å². The Morgan fingerprint density at radius 2 is 0.642 bits per heavy atom. The average molecular weight is 911 g/mol. The van der Waals surface area contributed by atoms with Gasteiger partial charge in [0.25, 0.3) is 0 Å². The van der Waals surface area contributed by atoms with E-state index in [1.807, 2.05) is 90.7 Å². The molecule has 0 spiro atoms. The van der Waals surface area contributed by atoms with E-state index >= 15 is 0 Å². The highest BCUT2D eigenvalue weighted by Crippen LogP contribution is 2.49. The molecule has 0 aliphatic heterocycles. The molecule has 13 heteroatoms. The Morgan fingerprint density at radius 1 is 0.328 bits per heavy atom. The molecule has 0 aliphatic rings. The number of furan rings is 2. The fourth-order valence-electron chi connectivity index (χ4n) is 9.05. The summed E-state index contributed by atoms with van der Waals surface area (Å²) in [4.78, 5) is 3.50. The maximum absolute atomic E-state index is 13.7. The zero-order chi connectivity index (χ0) is 46.6. The first-order chi connectivity index (χ1) is 32.0. The predicted molar refractivity (Wildman–Crippen MR) is 245 cm³/mol. The summed E-state index contributed by atoms with van der Waals surface area (Å²) in [6.45, 7) is 1.95. The Kier molecular flexibility index (Phi) is 9.38. The van der Waals surface area contributed by atoms with E-state index in [2.05, 4.69) is 0 Å². The SMILES string of the molecule is Cc1ccc(N(c2ccc(C(F)(F)F)cc2)c2cc3oc4cc5oc6cc(N(c7ccc(C(F)(F)F)cc7)c7ccc(C(F)(F)F)cc7)c7ccccc7c6c5cc4c3c3ccccc23)cc1. The summed E-state index contributed by atoms with van der Waals surface area (Å²) in [5, 5.41) is 5.97. The Balaban J connectivity index is 1.12. The molecule has 11 aromatic rings. The molecule has 0 radical (unpaired) electrons. The van der Waals surface area contributed by atoms with Gasteiger partial charge in [-0.1, -0.05) is 66.2 Å². The number of anilines is 6. The number of hydrogen-bond donors (Lipinski definition) is 0. The van der Waals surface area contributed by atoms with Gasteiger partial charge in [-0.3, -0.25) is 0 Å². The van der Waals surface area contributed by atoms with Crippen molar-refractivity contribution in [1.29, 1.82) is 0 Å². The van der Waals surface area contributed by atoms with Gasteiger partial charge in [0.05, 0.1) is 28.1 Å². The molecule has 0 fully saturated rings. The number of alkyl halides is 9. The summed E-state index contributed by atoms with van der Waals surface area (Å²) < 4.78 is 137. The molecule has 11 rings (SSSR count). The van der Waals surface area contributed by atoms with E-state index in [0.717, 1.165) is 80.0 Å². The maximum atomic E-state index is 13.7. The van der Waals surface area contributed by atoms with Crippen LogP contribution in [0.5, 0.6) is 0 Å². The average Bonchev–Trinajstić information content (AvgIpc) is 3.85. The van der Waals surface area contributed by atoms with Crippen molar-refractivity contribution in [3.8, 4) is 0 Å². The highest BCUT2D eigenvalue weighted by molar-refractivity contribution is 6.28. The van der Waals surface area contributed by atoms with Gasteiger partial charge in [0.1, 0.15) is 22.3 Å². The molecule has 0 unspecified atom stereocenters. The smallest absolute Gasteiger partial charge is 0.416 e. The molecule has 4 nitrogen and oxygen atoms in total. The van der Waals surface area contributed by atoms with Crippen LogP contribution in [-0.4, -0.2) is 0 Å². The molecule has 2 heterocycles. The summed E-state index contributed by atoms with van der Waals surface area (Å²) in [6, 6.07) is 43.9. The minimum Gasteiger partial charge on any atom is -0.456 e. The van der Waals surface area contributed by atoms with E-state index in [-0.39, 0.29) is 11.4 Å². The van der Waals surface area contributed by atoms with E-state index in [1.54, 1.807) is 23.1 Å². The number of hydrogen-bond acceptors (Lipinski definition) is 4. The van der Waals surface area contributed by atoms with E-state index in [9.17, 15) is 39.5 Å². The maximum Gasteiger partial charge on any atom is 0.416 e. The van der Waals surface area contributed by atoms with Crippen LogP contribution in [0.15, 0.2) is 179 Å². The number of fused-ring (bicyclic) bond motifs is 10. The third-order valence-corrected chi connectivity index (χ3v) is 12.2. The predicted octanol–water partition coefficient (Wildman–Crippen LogP) is 18.1. The third-order valence-electron chi connectivity index (χ3n) is 12.2. The fourth-order valence-corrected chi connectivity index (χ4v) is 9.05. The molecule has 0 saturated heterocycles. The molecule has 0 saturated carbocycles. The highest BCUT2D eigenvalue weighted by atomic mass is 19.4. The van der Waals surface area contributed by atoms with Crippen LogP contribution in [-0.2, 0) is 18.5 Å². The van der Waals surface area contributed by atoms with Gasteiger partial charge >= 0.3 is 18.5 Å². The van der Waals surface area contributed by atoms with Crippen LogP contribution >= 0.6 is 0 Å². The minimum absolute atomic E-state index is 0.267. The number of rotatable bonds is 6. The summed E-state index contributed by atoms with van der Waals surface area (Å²) in [5.74, 6) is 0. The Labute approximate surface area is 374 Å². The van der Waals surface area contributed by atoms with Crippen LogP contribution in [0.25, 0.3) is 65.4 Å². The van der Waals surface area contributed by atoms with Crippen LogP contribution in [0.4, 0.5) is 73.6 Å². The van der Waals surface area contributed by atoms with Crippen molar-refractivity contribution in [3.05, 3.63) is 192 Å². The first kappa shape index (κ1) is 41.8. The van der Waals surface area contributed by atoms with Gasteiger partial charge in [-0.25, -0.2) is 0 Å². The Hall–Kier alpha value is -7.93. The van der Waals surface area contributed by atoms with Gasteiger partial charge in [0.2, 0.25) is 0 Å². The Bertz CT molecular complexity index is 3640. The largest absolute Gasteiger partial charge is 0.456 e. The van der Waals surface area contributed by atoms with E-state index in [1.165, 1.54) is 36.4 Å². The lowest BCUT2D eigenvalue weighted by molar-refractivity contribution is -0.138. The summed E-state index contributed by atoms with van der Waals surface area (Å²) in [5.41, 5.74) is 3.20. The monoisotopic (exact) mass is 910 g/mol. The lowest BCUT2D eigenvalue weighted by Gasteiger charge is -2.27. The van der Waals surface area contributed by atoms with E-state index in [4.69, 9.17) is 8.83 Å². The van der Waals surface area contributed by atoms with Gasteiger partial charge in [0, 0.05) is 73.3 Å². The quantitative estimate of drug-likeness (QED) is 0.156. The van der Waals surface area contributed by atoms with Crippen molar-refractivity contribution in [3.63, 3.8) is 0 Å². The first-order valence-electron chi connectivity index (χ1n) is 20.9. The van der Waals surface area contributed by atoms with Gasteiger partial charge in [-0.2, -0.15) is 39.5 Å². The summed E-state index contributed by atoms with van der Waals surface area (Å²) >= 11 is 0. The normalized spacial score (nSPS) is 12.6. The zero-order valence-corrected chi connectivity index (χ0v) is 34.8. The molecule has 9 aromatic carbocycles. The molecule has 2 aromatic heterocycles. The van der Waals surface area contributed by atoms with Gasteiger partial charge in [0.15, 0.2) is 0 Å². The molecule has 0 bridgehead atoms. The first-order valence-corrected chi connectivity index (χ1v) is 20.9. The molecule has 0 aliphatic carbocycles. The topological polar surface area (TPSA) is 32.8 Å². The Morgan fingerprint density at radius 3 is 0.970 bits per heavy atom. The van der Waals surface area contributed by atoms with Crippen molar-refractivity contribution >= 4 is 99.5 Å². The van der Waals surface area contributed by atoms with Crippen LogP contribution in [0, 0.1) is 6.92 Å². The molecule has 332 valence electrons. The van der Waals surface area contributed by atoms with Crippen molar-refractivity contribution in [2.45, 2.75) is 25.5 Å². The summed E-state index contributed by atoms with van der Waals surface area (Å²) in [7, 11) is 0. The molecule has 0 amide bonds. The van der Waals surface area contributed by atoms with Gasteiger partial charge in [-0.15, -0.1) is 0 Å². The third kappa shape index (κ3) is 7.13. The second-order valence-electron chi connectivity index (χ2n) is 16.3. The van der Waals surface area contributed by atoms with Gasteiger partial charge < -0.3 is 18.6 Å². The second kappa shape index (κ2) is 15.1. The van der Waals surface area contributed by atoms with E-state index < -0.39 is 35.2 Å². The lowest BCUT2D eigenvalue weighted by Crippen LogP contribution is -2.12. The van der Waals surface area contributed by atoms with E-state index in [0.29, 0.717) is 50.2 Å². The van der Waals surface area contributed by atoms with Crippen LogP contribution < -0.4 is 9.80 Å². The van der Waals surface area contributed by atoms with Crippen LogP contribution in [0.2, 0.25) is 0 Å². The molecular weight excluding hydrogens is 880 g/mol. The van der Waals surface area contributed by atoms with Crippen LogP contribution in [0.3, 0.4) is 0 Å². The number of nitrogens with zero attached hydrogens (tertiary/aromatic N) is 2. The molecule has 0 atom stereocenters. The lowest BCUT2D eigenvalue weighted by atomic mass is 9.98. The number of benzene rings is 9. The standard InChI is InChI=1S/C54H31F9N2O2/c1-30-10-18-34(19-11-30)64(35-20-12-31(13-21-35)52(55,56)57)44-27-48-50(40-8-4-2-6-38(40)44)42-26-43-47(29-46(42)66-48)67-49-28-45(39-7-3-5-9-41(39)51(43)49)65(36-22-14-32(15-23-36)53(58,59)60)37-24-16-33(17-25-37)54(61,62)63/h2-29H,1H3. The molecule has 67 heavy (non-hydrogen) atoms. The van der Waals surface area contributed by atoms with Crippen molar-refractivity contribution in [2.24, 2.45) is 0 Å². The van der Waals surface area contributed by atoms with Crippen molar-refractivity contribution in [1.82, 2.24) is 0 Å². The second-order valence-corrected chi connectivity index (χ2v) is 16.3. The highest BCUT2D eigenvalue weighted by Gasteiger charge is 2.33. The van der Waals surface area contributed by atoms with Gasteiger partial charge in [-0.05, 0) is 109 Å². The summed E-state index contributed by atoms with van der Waals surface area (Å²) in [6.07, 6.45) is -13.8. The van der Waals surface area contributed by atoms with Crippen LogP contribution in [0.1, 0.15) is 22.3 Å². The van der Waals surface area contributed by atoms with Crippen molar-refractivity contribution < 1.29 is 48.3 Å².